The van der Waals surface area contributed by atoms with Crippen molar-refractivity contribution in [3.63, 3.8) is 0 Å². The number of aryl methyl sites for hydroxylation is 2. The lowest BCUT2D eigenvalue weighted by molar-refractivity contribution is -0.121. The summed E-state index contributed by atoms with van der Waals surface area (Å²) in [6, 6.07) is 14.0. The topological polar surface area (TPSA) is 54.1 Å². The van der Waals surface area contributed by atoms with E-state index in [4.69, 9.17) is 4.74 Å². The van der Waals surface area contributed by atoms with E-state index in [0.717, 1.165) is 39.0 Å². The number of benzene rings is 2. The summed E-state index contributed by atoms with van der Waals surface area (Å²) in [4.78, 5) is 16.0. The predicted molar refractivity (Wildman–Crippen MR) is 101 cm³/mol. The number of hydrogen-bond donors (Lipinski definition) is 2. The van der Waals surface area contributed by atoms with Crippen LogP contribution < -0.4 is 10.1 Å². The van der Waals surface area contributed by atoms with Gasteiger partial charge in [0.25, 0.3) is 0 Å². The van der Waals surface area contributed by atoms with Crippen molar-refractivity contribution < 1.29 is 9.53 Å². The number of fused-ring (bicyclic) bond motifs is 1. The molecule has 0 radical (unpaired) electrons. The minimum absolute atomic E-state index is 0.00362. The Morgan fingerprint density at radius 1 is 1.20 bits per heavy atom. The van der Waals surface area contributed by atoms with Gasteiger partial charge in [-0.25, -0.2) is 0 Å². The second kappa shape index (κ2) is 7.01. The lowest BCUT2D eigenvalue weighted by Gasteiger charge is -2.18. The Morgan fingerprint density at radius 3 is 2.72 bits per heavy atom. The summed E-state index contributed by atoms with van der Waals surface area (Å²) in [5.41, 5.74) is 5.29. The monoisotopic (exact) mass is 336 g/mol. The van der Waals surface area contributed by atoms with Gasteiger partial charge in [-0.05, 0) is 38.5 Å². The molecule has 1 unspecified atom stereocenters. The molecule has 0 spiro atoms. The highest BCUT2D eigenvalue weighted by Gasteiger charge is 2.17. The molecule has 0 aliphatic carbocycles. The Bertz CT molecular complexity index is 911. The van der Waals surface area contributed by atoms with E-state index in [1.54, 1.807) is 7.11 Å². The molecule has 2 N–H and O–H groups in total. The first-order chi connectivity index (χ1) is 12.0. The van der Waals surface area contributed by atoms with Gasteiger partial charge < -0.3 is 15.0 Å². The van der Waals surface area contributed by atoms with Crippen LogP contribution in [-0.2, 0) is 11.2 Å². The number of ether oxygens (including phenoxy) is 1. The highest BCUT2D eigenvalue weighted by atomic mass is 16.5. The smallest absolute Gasteiger partial charge is 0.224 e. The molecule has 0 bridgehead atoms. The number of aromatic nitrogens is 1. The first-order valence-corrected chi connectivity index (χ1v) is 8.49. The number of amides is 1. The number of aromatic amines is 1. The van der Waals surface area contributed by atoms with Gasteiger partial charge in [-0.15, -0.1) is 0 Å². The van der Waals surface area contributed by atoms with E-state index in [1.165, 1.54) is 0 Å². The zero-order valence-corrected chi connectivity index (χ0v) is 15.1. The predicted octanol–water partition coefficient (Wildman–Crippen LogP) is 4.21. The van der Waals surface area contributed by atoms with Crippen LogP contribution >= 0.6 is 0 Å². The van der Waals surface area contributed by atoms with Crippen molar-refractivity contribution in [1.82, 2.24) is 10.3 Å². The lowest BCUT2D eigenvalue weighted by Crippen LogP contribution is -2.28. The van der Waals surface area contributed by atoms with E-state index in [0.29, 0.717) is 6.42 Å². The van der Waals surface area contributed by atoms with Crippen LogP contribution in [0.15, 0.2) is 42.5 Å². The van der Waals surface area contributed by atoms with Crippen LogP contribution in [0.3, 0.4) is 0 Å². The molecule has 3 rings (SSSR count). The molecule has 0 aliphatic rings. The van der Waals surface area contributed by atoms with Crippen molar-refractivity contribution in [3.05, 3.63) is 64.8 Å². The lowest BCUT2D eigenvalue weighted by atomic mass is 10.0. The molecule has 1 atom stereocenters. The fourth-order valence-electron chi connectivity index (χ4n) is 3.29. The molecule has 0 fully saturated rings. The summed E-state index contributed by atoms with van der Waals surface area (Å²) in [5, 5.41) is 4.20. The van der Waals surface area contributed by atoms with Crippen LogP contribution in [0.25, 0.3) is 10.9 Å². The minimum Gasteiger partial charge on any atom is -0.496 e. The van der Waals surface area contributed by atoms with Crippen LogP contribution in [0.1, 0.15) is 35.3 Å². The molecule has 0 saturated carbocycles. The first kappa shape index (κ1) is 17.1. The zero-order chi connectivity index (χ0) is 18.0. The van der Waals surface area contributed by atoms with Gasteiger partial charge in [-0.3, -0.25) is 4.79 Å². The van der Waals surface area contributed by atoms with Gasteiger partial charge in [-0.1, -0.05) is 35.9 Å². The van der Waals surface area contributed by atoms with Crippen LogP contribution in [0, 0.1) is 13.8 Å². The quantitative estimate of drug-likeness (QED) is 0.733. The Morgan fingerprint density at radius 2 is 1.96 bits per heavy atom. The van der Waals surface area contributed by atoms with Crippen LogP contribution in [0.4, 0.5) is 0 Å². The van der Waals surface area contributed by atoms with E-state index in [1.807, 2.05) is 51.1 Å². The third kappa shape index (κ3) is 3.53. The standard InChI is InChI=1S/C21H24N2O2/c1-13-9-10-20(25-4)18(11-13)15(3)23-21(24)12-17-14(2)22-19-8-6-5-7-16(17)19/h5-11,15,22H,12H2,1-4H3,(H,23,24). The SMILES string of the molecule is COc1ccc(C)cc1C(C)NC(=O)Cc1c(C)[nH]c2ccccc12. The number of para-hydroxylation sites is 1. The van der Waals surface area contributed by atoms with Crippen LogP contribution in [-0.4, -0.2) is 18.0 Å². The molecule has 0 saturated heterocycles. The zero-order valence-electron chi connectivity index (χ0n) is 15.1. The summed E-state index contributed by atoms with van der Waals surface area (Å²) in [5.74, 6) is 0.797. The maximum Gasteiger partial charge on any atom is 0.224 e. The van der Waals surface area contributed by atoms with Gasteiger partial charge >= 0.3 is 0 Å². The molecule has 0 aliphatic heterocycles. The van der Waals surface area contributed by atoms with Gasteiger partial charge in [0.1, 0.15) is 5.75 Å². The molecule has 3 aromatic rings. The Hall–Kier alpha value is -2.75. The Kier molecular flexibility index (Phi) is 4.79. The average molecular weight is 336 g/mol. The number of rotatable bonds is 5. The number of methoxy groups -OCH3 is 1. The van der Waals surface area contributed by atoms with Gasteiger partial charge in [0.15, 0.2) is 0 Å². The summed E-state index contributed by atoms with van der Waals surface area (Å²) >= 11 is 0. The molecule has 1 aromatic heterocycles. The van der Waals surface area contributed by atoms with E-state index in [2.05, 4.69) is 22.4 Å². The fraction of sp³-hybridized carbons (Fsp3) is 0.286. The second-order valence-electron chi connectivity index (χ2n) is 6.49. The van der Waals surface area contributed by atoms with Gasteiger partial charge in [0.05, 0.1) is 19.6 Å². The van der Waals surface area contributed by atoms with Gasteiger partial charge in [0.2, 0.25) is 5.91 Å². The maximum absolute atomic E-state index is 12.6. The van der Waals surface area contributed by atoms with Crippen molar-refractivity contribution in [1.29, 1.82) is 0 Å². The highest BCUT2D eigenvalue weighted by molar-refractivity contribution is 5.90. The Balaban J connectivity index is 1.78. The van der Waals surface area contributed by atoms with Crippen molar-refractivity contribution >= 4 is 16.8 Å². The molecule has 25 heavy (non-hydrogen) atoms. The van der Waals surface area contributed by atoms with Gasteiger partial charge in [0, 0.05) is 22.2 Å². The number of H-pyrrole nitrogens is 1. The van der Waals surface area contributed by atoms with Crippen molar-refractivity contribution in [3.8, 4) is 5.75 Å². The second-order valence-corrected chi connectivity index (χ2v) is 6.49. The fourth-order valence-corrected chi connectivity index (χ4v) is 3.29. The summed E-state index contributed by atoms with van der Waals surface area (Å²) in [6.07, 6.45) is 0.355. The molecule has 2 aromatic carbocycles. The number of carbonyl (C=O) groups is 1. The van der Waals surface area contributed by atoms with Crippen molar-refractivity contribution in [2.75, 3.05) is 7.11 Å². The van der Waals surface area contributed by atoms with E-state index < -0.39 is 0 Å². The highest BCUT2D eigenvalue weighted by Crippen LogP contribution is 2.27. The normalized spacial score (nSPS) is 12.2. The third-order valence-corrected chi connectivity index (χ3v) is 4.59. The van der Waals surface area contributed by atoms with E-state index in [-0.39, 0.29) is 11.9 Å². The third-order valence-electron chi connectivity index (χ3n) is 4.59. The summed E-state index contributed by atoms with van der Waals surface area (Å²) in [7, 11) is 1.65. The summed E-state index contributed by atoms with van der Waals surface area (Å²) in [6.45, 7) is 6.03. The Labute approximate surface area is 148 Å². The van der Waals surface area contributed by atoms with Gasteiger partial charge in [-0.2, -0.15) is 0 Å². The van der Waals surface area contributed by atoms with Crippen molar-refractivity contribution in [2.24, 2.45) is 0 Å². The molecule has 1 heterocycles. The van der Waals surface area contributed by atoms with Crippen LogP contribution in [0.5, 0.6) is 5.75 Å². The maximum atomic E-state index is 12.6. The minimum atomic E-state index is -0.118. The average Bonchev–Trinajstić information content (AvgIpc) is 2.90. The molecular weight excluding hydrogens is 312 g/mol. The molecule has 4 nitrogen and oxygen atoms in total. The molecule has 130 valence electrons. The number of nitrogens with one attached hydrogen (secondary N) is 2. The van der Waals surface area contributed by atoms with E-state index >= 15 is 0 Å². The van der Waals surface area contributed by atoms with Crippen molar-refractivity contribution in [2.45, 2.75) is 33.2 Å². The molecular formula is C21H24N2O2. The molecule has 4 heteroatoms. The number of hydrogen-bond acceptors (Lipinski definition) is 2. The largest absolute Gasteiger partial charge is 0.496 e. The first-order valence-electron chi connectivity index (χ1n) is 8.49. The summed E-state index contributed by atoms with van der Waals surface area (Å²) < 4.78 is 5.43. The molecule has 1 amide bonds. The van der Waals surface area contributed by atoms with E-state index in [9.17, 15) is 4.79 Å². The van der Waals surface area contributed by atoms with Crippen LogP contribution in [0.2, 0.25) is 0 Å². The number of carbonyl (C=O) groups excluding carboxylic acids is 1.